The lowest BCUT2D eigenvalue weighted by atomic mass is 9.98. The zero-order chi connectivity index (χ0) is 18.8. The molecule has 1 atom stereocenters. The van der Waals surface area contributed by atoms with Crippen molar-refractivity contribution in [1.82, 2.24) is 9.03 Å². The topological polar surface area (TPSA) is 113 Å². The highest BCUT2D eigenvalue weighted by molar-refractivity contribution is 7.89. The molecule has 140 valence electrons. The van der Waals surface area contributed by atoms with Crippen molar-refractivity contribution < 1.29 is 21.6 Å². The van der Waals surface area contributed by atoms with E-state index in [9.17, 15) is 21.6 Å². The fourth-order valence-corrected chi connectivity index (χ4v) is 4.38. The highest BCUT2D eigenvalue weighted by Gasteiger charge is 2.30. The minimum Gasteiger partial charge on any atom is -0.326 e. The molecule has 1 aliphatic rings. The summed E-state index contributed by atoms with van der Waals surface area (Å²) in [5, 5.41) is 2.74. The lowest BCUT2D eigenvalue weighted by Crippen LogP contribution is -2.43. The van der Waals surface area contributed by atoms with Gasteiger partial charge in [0.1, 0.15) is 0 Å². The largest absolute Gasteiger partial charge is 0.326 e. The number of benzene rings is 1. The molecule has 25 heavy (non-hydrogen) atoms. The fourth-order valence-electron chi connectivity index (χ4n) is 2.71. The van der Waals surface area contributed by atoms with Crippen LogP contribution in [0.5, 0.6) is 0 Å². The smallest absolute Gasteiger partial charge is 0.240 e. The minimum absolute atomic E-state index is 0.0531. The Labute approximate surface area is 148 Å². The molecule has 0 radical (unpaired) electrons. The molecule has 1 amide bonds. The van der Waals surface area contributed by atoms with Gasteiger partial charge in [-0.3, -0.25) is 4.79 Å². The fraction of sp³-hybridized carbons (Fsp3) is 0.533. The van der Waals surface area contributed by atoms with Gasteiger partial charge in [0.15, 0.2) is 0 Å². The van der Waals surface area contributed by atoms with E-state index in [1.54, 1.807) is 13.0 Å². The van der Waals surface area contributed by atoms with E-state index in [1.807, 2.05) is 0 Å². The number of carbonyl (C=O) groups is 1. The lowest BCUT2D eigenvalue weighted by Gasteiger charge is -2.30. The number of rotatable bonds is 5. The first-order valence-corrected chi connectivity index (χ1v) is 11.2. The first kappa shape index (κ1) is 19.8. The van der Waals surface area contributed by atoms with Crippen molar-refractivity contribution in [2.24, 2.45) is 5.92 Å². The monoisotopic (exact) mass is 389 g/mol. The van der Waals surface area contributed by atoms with Gasteiger partial charge in [-0.25, -0.2) is 25.9 Å². The van der Waals surface area contributed by atoms with E-state index >= 15 is 0 Å². The number of nitrogens with zero attached hydrogens (tertiary/aromatic N) is 1. The standard InChI is InChI=1S/C15H23N3O5S2/c1-11-6-7-13(25(22,23)16-2)9-14(11)17-15(19)12-5-4-8-18(10-12)24(3,20)21/h6-7,9,12,16H,4-5,8,10H2,1-3H3,(H,17,19)/t12-/m0/s1. The van der Waals surface area contributed by atoms with Crippen LogP contribution in [0.1, 0.15) is 18.4 Å². The molecule has 1 heterocycles. The van der Waals surface area contributed by atoms with Crippen molar-refractivity contribution in [3.8, 4) is 0 Å². The number of carbonyl (C=O) groups excluding carboxylic acids is 1. The van der Waals surface area contributed by atoms with Gasteiger partial charge < -0.3 is 5.32 Å². The van der Waals surface area contributed by atoms with E-state index < -0.39 is 26.0 Å². The van der Waals surface area contributed by atoms with E-state index in [2.05, 4.69) is 10.0 Å². The number of anilines is 1. The quantitative estimate of drug-likeness (QED) is 0.762. The molecule has 0 unspecified atom stereocenters. The summed E-state index contributed by atoms with van der Waals surface area (Å²) in [7, 11) is -5.64. The highest BCUT2D eigenvalue weighted by Crippen LogP contribution is 2.24. The van der Waals surface area contributed by atoms with E-state index in [0.29, 0.717) is 25.1 Å². The molecule has 1 aromatic carbocycles. The van der Waals surface area contributed by atoms with Crippen LogP contribution in [-0.4, -0.2) is 53.4 Å². The van der Waals surface area contributed by atoms with Gasteiger partial charge >= 0.3 is 0 Å². The Balaban J connectivity index is 2.19. The summed E-state index contributed by atoms with van der Waals surface area (Å²) >= 11 is 0. The maximum absolute atomic E-state index is 12.5. The molecule has 10 heteroatoms. The van der Waals surface area contributed by atoms with Gasteiger partial charge in [0.05, 0.1) is 17.1 Å². The Morgan fingerprint density at radius 1 is 1.24 bits per heavy atom. The second kappa shape index (κ2) is 7.40. The third-order valence-corrected chi connectivity index (χ3v) is 6.95. The Kier molecular flexibility index (Phi) is 5.87. The van der Waals surface area contributed by atoms with Gasteiger partial charge in [0.25, 0.3) is 0 Å². The summed E-state index contributed by atoms with van der Waals surface area (Å²) < 4.78 is 50.7. The number of hydrogen-bond donors (Lipinski definition) is 2. The van der Waals surface area contributed by atoms with E-state index in [4.69, 9.17) is 0 Å². The van der Waals surface area contributed by atoms with Crippen molar-refractivity contribution in [2.75, 3.05) is 31.7 Å². The molecule has 0 bridgehead atoms. The van der Waals surface area contributed by atoms with Gasteiger partial charge in [-0.15, -0.1) is 0 Å². The number of amides is 1. The number of nitrogens with one attached hydrogen (secondary N) is 2. The van der Waals surface area contributed by atoms with Crippen LogP contribution in [0.3, 0.4) is 0 Å². The molecule has 0 saturated carbocycles. The van der Waals surface area contributed by atoms with Crippen LogP contribution in [-0.2, 0) is 24.8 Å². The van der Waals surface area contributed by atoms with Crippen LogP contribution < -0.4 is 10.0 Å². The average Bonchev–Trinajstić information content (AvgIpc) is 2.56. The second-order valence-corrected chi connectivity index (χ2v) is 10.0. The molecular formula is C15H23N3O5S2. The zero-order valence-electron chi connectivity index (χ0n) is 14.4. The Hall–Kier alpha value is -1.49. The highest BCUT2D eigenvalue weighted by atomic mass is 32.2. The third kappa shape index (κ3) is 4.78. The molecular weight excluding hydrogens is 366 g/mol. The van der Waals surface area contributed by atoms with Gasteiger partial charge in [-0.05, 0) is 44.5 Å². The van der Waals surface area contributed by atoms with Crippen molar-refractivity contribution in [2.45, 2.75) is 24.7 Å². The van der Waals surface area contributed by atoms with Crippen LogP contribution in [0.2, 0.25) is 0 Å². The number of aryl methyl sites for hydroxylation is 1. The first-order valence-electron chi connectivity index (χ1n) is 7.85. The third-order valence-electron chi connectivity index (χ3n) is 4.27. The van der Waals surface area contributed by atoms with Crippen LogP contribution in [0.15, 0.2) is 23.1 Å². The van der Waals surface area contributed by atoms with Gasteiger partial charge in [0.2, 0.25) is 26.0 Å². The summed E-state index contributed by atoms with van der Waals surface area (Å²) in [6, 6.07) is 4.47. The summed E-state index contributed by atoms with van der Waals surface area (Å²) in [5.74, 6) is -0.775. The Bertz CT molecular complexity index is 865. The molecule has 1 fully saturated rings. The molecule has 1 aliphatic heterocycles. The molecule has 1 aromatic rings. The summed E-state index contributed by atoms with van der Waals surface area (Å²) in [6.45, 7) is 2.31. The SMILES string of the molecule is CNS(=O)(=O)c1ccc(C)c(NC(=O)[C@H]2CCCN(S(C)(=O)=O)C2)c1. The van der Waals surface area contributed by atoms with Crippen molar-refractivity contribution in [3.05, 3.63) is 23.8 Å². The van der Waals surface area contributed by atoms with Crippen LogP contribution in [0, 0.1) is 12.8 Å². The number of piperidine rings is 1. The maximum atomic E-state index is 12.5. The molecule has 1 saturated heterocycles. The van der Waals surface area contributed by atoms with Crippen molar-refractivity contribution in [3.63, 3.8) is 0 Å². The predicted molar refractivity (Wildman–Crippen MR) is 95.2 cm³/mol. The van der Waals surface area contributed by atoms with E-state index in [1.165, 1.54) is 23.5 Å². The number of hydrogen-bond acceptors (Lipinski definition) is 5. The zero-order valence-corrected chi connectivity index (χ0v) is 16.1. The van der Waals surface area contributed by atoms with Crippen molar-refractivity contribution in [1.29, 1.82) is 0 Å². The summed E-state index contributed by atoms with van der Waals surface area (Å²) in [4.78, 5) is 12.6. The molecule has 0 aromatic heterocycles. The summed E-state index contributed by atoms with van der Waals surface area (Å²) in [5.41, 5.74) is 1.12. The van der Waals surface area contributed by atoms with E-state index in [0.717, 1.165) is 11.8 Å². The molecule has 8 nitrogen and oxygen atoms in total. The second-order valence-electron chi connectivity index (χ2n) is 6.13. The minimum atomic E-state index is -3.62. The molecule has 2 N–H and O–H groups in total. The number of sulfonamides is 2. The van der Waals surface area contributed by atoms with Gasteiger partial charge in [-0.2, -0.15) is 0 Å². The van der Waals surface area contributed by atoms with Gasteiger partial charge in [0, 0.05) is 18.8 Å². The van der Waals surface area contributed by atoms with Crippen LogP contribution >= 0.6 is 0 Å². The summed E-state index contributed by atoms with van der Waals surface area (Å²) in [6.07, 6.45) is 2.33. The van der Waals surface area contributed by atoms with Gasteiger partial charge in [-0.1, -0.05) is 6.07 Å². The molecule has 0 spiro atoms. The average molecular weight is 389 g/mol. The maximum Gasteiger partial charge on any atom is 0.240 e. The Morgan fingerprint density at radius 2 is 1.92 bits per heavy atom. The molecule has 0 aliphatic carbocycles. The van der Waals surface area contributed by atoms with Crippen LogP contribution in [0.25, 0.3) is 0 Å². The lowest BCUT2D eigenvalue weighted by molar-refractivity contribution is -0.120. The van der Waals surface area contributed by atoms with E-state index in [-0.39, 0.29) is 17.3 Å². The van der Waals surface area contributed by atoms with Crippen molar-refractivity contribution >= 4 is 31.6 Å². The predicted octanol–water partition coefficient (Wildman–Crippen LogP) is 0.513. The van der Waals surface area contributed by atoms with Crippen LogP contribution in [0.4, 0.5) is 5.69 Å². The molecule has 2 rings (SSSR count). The first-order chi connectivity index (χ1) is 11.5. The Morgan fingerprint density at radius 3 is 2.52 bits per heavy atom. The normalized spacial score (nSPS) is 19.6.